The van der Waals surface area contributed by atoms with E-state index < -0.39 is 0 Å². The highest BCUT2D eigenvalue weighted by Crippen LogP contribution is 2.24. The van der Waals surface area contributed by atoms with E-state index in [0.717, 1.165) is 10.6 Å². The summed E-state index contributed by atoms with van der Waals surface area (Å²) in [7, 11) is 3.32. The lowest BCUT2D eigenvalue weighted by Gasteiger charge is -2.17. The van der Waals surface area contributed by atoms with Crippen LogP contribution in [0.25, 0.3) is 0 Å². The third-order valence-electron chi connectivity index (χ3n) is 4.04. The minimum absolute atomic E-state index is 0. The van der Waals surface area contributed by atoms with Crippen LogP contribution >= 0.6 is 35.3 Å². The molecule has 2 N–H and O–H groups in total. The van der Waals surface area contributed by atoms with Crippen LogP contribution in [0.3, 0.4) is 0 Å². The Morgan fingerprint density at radius 1 is 1.35 bits per heavy atom. The maximum Gasteiger partial charge on any atom is 0.350 e. The van der Waals surface area contributed by atoms with Gasteiger partial charge in [-0.2, -0.15) is 0 Å². The molecule has 0 radical (unpaired) electrons. The topological polar surface area (TPSA) is 107 Å². The molecule has 2 aromatic rings. The number of guanidine groups is 1. The number of aliphatic imine (C=N–C) groups is 1. The first-order chi connectivity index (χ1) is 14.5. The molecule has 31 heavy (non-hydrogen) atoms. The largest absolute Gasteiger partial charge is 0.475 e. The summed E-state index contributed by atoms with van der Waals surface area (Å²) in [5.74, 6) is 0.811. The molecule has 172 valence electrons. The molecular weight excluding hydrogens is 533 g/mol. The van der Waals surface area contributed by atoms with Crippen molar-refractivity contribution in [1.82, 2.24) is 20.6 Å². The molecule has 0 aliphatic carbocycles. The highest BCUT2D eigenvalue weighted by atomic mass is 127. The van der Waals surface area contributed by atoms with E-state index >= 15 is 0 Å². The van der Waals surface area contributed by atoms with Gasteiger partial charge in [0.25, 0.3) is 0 Å². The Kier molecular flexibility index (Phi) is 12.3. The molecule has 2 aromatic heterocycles. The highest BCUT2D eigenvalue weighted by Gasteiger charge is 2.20. The first-order valence-corrected chi connectivity index (χ1v) is 10.5. The molecular formula is C20H30IN5O4S. The number of nitrogens with zero attached hydrogens (tertiary/aromatic N) is 3. The number of hydrogen-bond acceptors (Lipinski definition) is 8. The molecule has 0 amide bonds. The fraction of sp³-hybridized carbons (Fsp3) is 0.500. The van der Waals surface area contributed by atoms with Crippen molar-refractivity contribution in [3.63, 3.8) is 0 Å². The summed E-state index contributed by atoms with van der Waals surface area (Å²) in [6.45, 7) is 7.28. The third-order valence-corrected chi connectivity index (χ3v) is 5.36. The molecule has 1 atom stereocenters. The highest BCUT2D eigenvalue weighted by molar-refractivity contribution is 14.0. The first-order valence-electron chi connectivity index (χ1n) is 9.67. The fourth-order valence-corrected chi connectivity index (χ4v) is 3.50. The number of rotatable bonds is 10. The second-order valence-corrected chi connectivity index (χ2v) is 7.32. The lowest BCUT2D eigenvalue weighted by atomic mass is 10.2. The number of aromatic nitrogens is 2. The number of methoxy groups -OCH3 is 1. The smallest absolute Gasteiger partial charge is 0.350 e. The second-order valence-electron chi connectivity index (χ2n) is 6.29. The van der Waals surface area contributed by atoms with E-state index in [-0.39, 0.29) is 36.0 Å². The van der Waals surface area contributed by atoms with Crippen LogP contribution in [-0.2, 0) is 16.0 Å². The van der Waals surface area contributed by atoms with Crippen molar-refractivity contribution in [2.45, 2.75) is 33.4 Å². The number of pyridine rings is 1. The number of nitrogens with one attached hydrogen (secondary N) is 2. The minimum atomic E-state index is -0.342. The Labute approximate surface area is 204 Å². The van der Waals surface area contributed by atoms with Crippen molar-refractivity contribution < 1.29 is 19.0 Å². The molecule has 0 aromatic carbocycles. The lowest BCUT2D eigenvalue weighted by molar-refractivity contribution is 0.0531. The maximum absolute atomic E-state index is 12.0. The average molecular weight is 563 g/mol. The van der Waals surface area contributed by atoms with Crippen LogP contribution < -0.4 is 15.4 Å². The van der Waals surface area contributed by atoms with Gasteiger partial charge in [-0.1, -0.05) is 6.07 Å². The Morgan fingerprint density at radius 2 is 2.13 bits per heavy atom. The summed E-state index contributed by atoms with van der Waals surface area (Å²) in [5, 5.41) is 7.33. The normalized spacial score (nSPS) is 12.0. The zero-order chi connectivity index (χ0) is 21.9. The van der Waals surface area contributed by atoms with Gasteiger partial charge in [0.05, 0.1) is 24.9 Å². The van der Waals surface area contributed by atoms with Gasteiger partial charge in [-0.05, 0) is 26.8 Å². The zero-order valence-electron chi connectivity index (χ0n) is 18.4. The Bertz CT molecular complexity index is 862. The number of hydrogen-bond donors (Lipinski definition) is 2. The van der Waals surface area contributed by atoms with E-state index in [0.29, 0.717) is 48.8 Å². The SMILES string of the molecule is CCOC(=O)c1sc(C(C)NC(=NC)NCc2cccnc2OCCOC)nc1C.I. The Morgan fingerprint density at radius 3 is 2.81 bits per heavy atom. The predicted molar refractivity (Wildman–Crippen MR) is 132 cm³/mol. The number of halogens is 1. The fourth-order valence-electron chi connectivity index (χ4n) is 2.54. The summed E-state index contributed by atoms with van der Waals surface area (Å²) in [4.78, 5) is 25.6. The summed E-state index contributed by atoms with van der Waals surface area (Å²) < 4.78 is 15.8. The van der Waals surface area contributed by atoms with Gasteiger partial charge in [-0.3, -0.25) is 4.99 Å². The van der Waals surface area contributed by atoms with Crippen LogP contribution in [0.2, 0.25) is 0 Å². The van der Waals surface area contributed by atoms with Crippen LogP contribution in [0.4, 0.5) is 0 Å². The Hall–Kier alpha value is -1.99. The van der Waals surface area contributed by atoms with Gasteiger partial charge >= 0.3 is 5.97 Å². The monoisotopic (exact) mass is 563 g/mol. The van der Waals surface area contributed by atoms with Crippen LogP contribution in [0.5, 0.6) is 5.88 Å². The molecule has 2 rings (SSSR count). The van der Waals surface area contributed by atoms with Crippen molar-refractivity contribution >= 4 is 47.2 Å². The lowest BCUT2D eigenvalue weighted by Crippen LogP contribution is -2.38. The minimum Gasteiger partial charge on any atom is -0.475 e. The number of carbonyl (C=O) groups excluding carboxylic acids is 1. The number of esters is 1. The molecule has 11 heteroatoms. The van der Waals surface area contributed by atoms with E-state index in [4.69, 9.17) is 14.2 Å². The van der Waals surface area contributed by atoms with Gasteiger partial charge in [0.2, 0.25) is 5.88 Å². The van der Waals surface area contributed by atoms with E-state index in [9.17, 15) is 4.79 Å². The molecule has 0 spiro atoms. The molecule has 2 heterocycles. The van der Waals surface area contributed by atoms with E-state index in [1.54, 1.807) is 34.2 Å². The van der Waals surface area contributed by atoms with Gasteiger partial charge in [0, 0.05) is 32.5 Å². The van der Waals surface area contributed by atoms with Crippen molar-refractivity contribution in [3.8, 4) is 5.88 Å². The van der Waals surface area contributed by atoms with Crippen LogP contribution in [0.15, 0.2) is 23.3 Å². The average Bonchev–Trinajstić information content (AvgIpc) is 3.14. The summed E-state index contributed by atoms with van der Waals surface area (Å²) in [6.07, 6.45) is 1.69. The molecule has 9 nitrogen and oxygen atoms in total. The molecule has 0 saturated carbocycles. The van der Waals surface area contributed by atoms with Gasteiger partial charge in [0.1, 0.15) is 16.5 Å². The molecule has 1 unspecified atom stereocenters. The number of carbonyl (C=O) groups is 1. The Balaban J connectivity index is 0.00000480. The van der Waals surface area contributed by atoms with Gasteiger partial charge < -0.3 is 24.8 Å². The summed E-state index contributed by atoms with van der Waals surface area (Å²) in [6, 6.07) is 3.65. The van der Waals surface area contributed by atoms with Crippen molar-refractivity contribution in [2.75, 3.05) is 34.0 Å². The van der Waals surface area contributed by atoms with Crippen molar-refractivity contribution in [2.24, 2.45) is 4.99 Å². The maximum atomic E-state index is 12.0. The summed E-state index contributed by atoms with van der Waals surface area (Å²) >= 11 is 1.32. The predicted octanol–water partition coefficient (Wildman–Crippen LogP) is 3.09. The number of thiazole rings is 1. The van der Waals surface area contributed by atoms with E-state index in [2.05, 4.69) is 25.6 Å². The van der Waals surface area contributed by atoms with Crippen LogP contribution in [-0.4, -0.2) is 55.9 Å². The molecule has 0 fully saturated rings. The van der Waals surface area contributed by atoms with E-state index in [1.165, 1.54) is 11.3 Å². The van der Waals surface area contributed by atoms with Gasteiger partial charge in [-0.15, -0.1) is 35.3 Å². The third kappa shape index (κ3) is 8.22. The number of ether oxygens (including phenoxy) is 3. The van der Waals surface area contributed by atoms with Crippen LogP contribution in [0.1, 0.15) is 45.8 Å². The summed E-state index contributed by atoms with van der Waals surface area (Å²) in [5.41, 5.74) is 1.57. The van der Waals surface area contributed by atoms with Crippen LogP contribution in [0, 0.1) is 6.92 Å². The van der Waals surface area contributed by atoms with Gasteiger partial charge in [0.15, 0.2) is 5.96 Å². The van der Waals surface area contributed by atoms with Crippen molar-refractivity contribution in [1.29, 1.82) is 0 Å². The molecule has 0 bridgehead atoms. The van der Waals surface area contributed by atoms with E-state index in [1.807, 2.05) is 19.1 Å². The molecule has 0 saturated heterocycles. The second kappa shape index (κ2) is 14.1. The zero-order valence-corrected chi connectivity index (χ0v) is 21.6. The molecule has 0 aliphatic rings. The van der Waals surface area contributed by atoms with Gasteiger partial charge in [-0.25, -0.2) is 14.8 Å². The quantitative estimate of drug-likeness (QED) is 0.149. The molecule has 0 aliphatic heterocycles. The first kappa shape index (κ1) is 27.0. The number of aryl methyl sites for hydroxylation is 1. The standard InChI is InChI=1S/C20H29N5O4S.HI/c1-6-28-19(26)16-13(2)24-18(30-16)14(3)25-20(21-4)23-12-15-8-7-9-22-17(15)29-11-10-27-5;/h7-9,14H,6,10-12H2,1-5H3,(H2,21,23,25);1H. The van der Waals surface area contributed by atoms with Crippen molar-refractivity contribution in [3.05, 3.63) is 39.5 Å².